The van der Waals surface area contributed by atoms with E-state index in [-0.39, 0.29) is 34.1 Å². The molecule has 4 N–H and O–H groups in total. The van der Waals surface area contributed by atoms with Gasteiger partial charge in [-0.1, -0.05) is 23.2 Å². The first-order valence-electron chi connectivity index (χ1n) is 5.79. The van der Waals surface area contributed by atoms with E-state index >= 15 is 0 Å². The maximum absolute atomic E-state index is 11.9. The molecule has 0 aromatic heterocycles. The number of halogens is 2. The molecule has 0 heterocycles. The topological polar surface area (TPSA) is 84.2 Å². The predicted molar refractivity (Wildman–Crippen MR) is 74.4 cm³/mol. The fourth-order valence-electron chi connectivity index (χ4n) is 1.54. The second-order valence-corrected chi connectivity index (χ2v) is 5.17. The van der Waals surface area contributed by atoms with Crippen molar-refractivity contribution in [2.45, 2.75) is 18.9 Å². The van der Waals surface area contributed by atoms with Gasteiger partial charge in [-0.15, -0.1) is 0 Å². The minimum atomic E-state index is -0.481. The van der Waals surface area contributed by atoms with Crippen LogP contribution in [0.25, 0.3) is 0 Å². The quantitative estimate of drug-likeness (QED) is 0.738. The lowest BCUT2D eigenvalue weighted by molar-refractivity contribution is -0.120. The second kappa shape index (κ2) is 5.67. The van der Waals surface area contributed by atoms with E-state index in [1.165, 1.54) is 12.1 Å². The molecule has 1 aliphatic carbocycles. The average Bonchev–Trinajstić information content (AvgIpc) is 3.14. The van der Waals surface area contributed by atoms with Crippen LogP contribution < -0.4 is 16.4 Å². The van der Waals surface area contributed by atoms with E-state index in [1.54, 1.807) is 0 Å². The van der Waals surface area contributed by atoms with Crippen molar-refractivity contribution in [3.05, 3.63) is 27.7 Å². The van der Waals surface area contributed by atoms with Gasteiger partial charge in [-0.3, -0.25) is 9.59 Å². The van der Waals surface area contributed by atoms with Gasteiger partial charge in [0, 0.05) is 11.7 Å². The number of carbonyl (C=O) groups excluding carboxylic acids is 2. The van der Waals surface area contributed by atoms with Crippen LogP contribution in [-0.4, -0.2) is 24.4 Å². The summed E-state index contributed by atoms with van der Waals surface area (Å²) in [6, 6.07) is 3.14. The van der Waals surface area contributed by atoms with Gasteiger partial charge < -0.3 is 16.4 Å². The van der Waals surface area contributed by atoms with Gasteiger partial charge in [0.2, 0.25) is 5.91 Å². The van der Waals surface area contributed by atoms with Gasteiger partial charge in [0.05, 0.1) is 22.2 Å². The van der Waals surface area contributed by atoms with Gasteiger partial charge in [0.1, 0.15) is 0 Å². The normalized spacial score (nSPS) is 14.0. The standard InChI is InChI=1S/C12H13Cl2N3O2/c13-9-4-6(15)3-8(11(9)14)12(19)16-5-10(18)17-7-1-2-7/h3-4,7H,1-2,5,15H2,(H,16,19)(H,17,18). The van der Waals surface area contributed by atoms with Gasteiger partial charge in [-0.05, 0) is 25.0 Å². The van der Waals surface area contributed by atoms with E-state index in [2.05, 4.69) is 10.6 Å². The van der Waals surface area contributed by atoms with Gasteiger partial charge in [-0.2, -0.15) is 0 Å². The summed E-state index contributed by atoms with van der Waals surface area (Å²) in [5.41, 5.74) is 6.09. The SMILES string of the molecule is Nc1cc(Cl)c(Cl)c(C(=O)NCC(=O)NC2CC2)c1. The Kier molecular flexibility index (Phi) is 4.17. The predicted octanol–water partition coefficient (Wildman–Crippen LogP) is 1.58. The lowest BCUT2D eigenvalue weighted by atomic mass is 10.2. The summed E-state index contributed by atoms with van der Waals surface area (Å²) in [5.74, 6) is -0.702. The first-order valence-corrected chi connectivity index (χ1v) is 6.55. The van der Waals surface area contributed by atoms with Gasteiger partial charge >= 0.3 is 0 Å². The Hall–Kier alpha value is -1.46. The van der Waals surface area contributed by atoms with Crippen molar-refractivity contribution in [2.75, 3.05) is 12.3 Å². The highest BCUT2D eigenvalue weighted by Gasteiger charge is 2.23. The smallest absolute Gasteiger partial charge is 0.253 e. The van der Waals surface area contributed by atoms with Crippen LogP contribution in [-0.2, 0) is 4.79 Å². The second-order valence-electron chi connectivity index (χ2n) is 4.39. The molecule has 0 spiro atoms. The zero-order valence-corrected chi connectivity index (χ0v) is 11.5. The zero-order chi connectivity index (χ0) is 14.0. The summed E-state index contributed by atoms with van der Waals surface area (Å²) in [5, 5.41) is 5.56. The van der Waals surface area contributed by atoms with Crippen molar-refractivity contribution in [3.63, 3.8) is 0 Å². The molecule has 5 nitrogen and oxygen atoms in total. The summed E-state index contributed by atoms with van der Waals surface area (Å²) in [4.78, 5) is 23.3. The molecule has 7 heteroatoms. The number of benzene rings is 1. The highest BCUT2D eigenvalue weighted by atomic mass is 35.5. The number of rotatable bonds is 4. The lowest BCUT2D eigenvalue weighted by Gasteiger charge is -2.09. The van der Waals surface area contributed by atoms with Gasteiger partial charge in [0.15, 0.2) is 0 Å². The number of hydrogen-bond donors (Lipinski definition) is 3. The molecule has 0 atom stereocenters. The molecule has 2 amide bonds. The van der Waals surface area contributed by atoms with Crippen LogP contribution in [0.1, 0.15) is 23.2 Å². The summed E-state index contributed by atoms with van der Waals surface area (Å²) in [6.45, 7) is -0.0991. The minimum absolute atomic E-state index is 0.0991. The van der Waals surface area contributed by atoms with Crippen molar-refractivity contribution in [3.8, 4) is 0 Å². The number of anilines is 1. The first kappa shape index (κ1) is 14.0. The van der Waals surface area contributed by atoms with E-state index in [4.69, 9.17) is 28.9 Å². The van der Waals surface area contributed by atoms with Crippen LogP contribution in [0.3, 0.4) is 0 Å². The number of nitrogens with one attached hydrogen (secondary N) is 2. The summed E-state index contributed by atoms with van der Waals surface area (Å²) in [6.07, 6.45) is 1.99. The monoisotopic (exact) mass is 301 g/mol. The molecule has 0 bridgehead atoms. The Morgan fingerprint density at radius 3 is 2.63 bits per heavy atom. The minimum Gasteiger partial charge on any atom is -0.399 e. The average molecular weight is 302 g/mol. The summed E-state index contributed by atoms with van der Waals surface area (Å²) >= 11 is 11.8. The molecule has 102 valence electrons. The van der Waals surface area contributed by atoms with Crippen molar-refractivity contribution >= 4 is 40.7 Å². The van der Waals surface area contributed by atoms with Crippen molar-refractivity contribution in [1.82, 2.24) is 10.6 Å². The highest BCUT2D eigenvalue weighted by molar-refractivity contribution is 6.44. The van der Waals surface area contributed by atoms with Crippen molar-refractivity contribution in [1.29, 1.82) is 0 Å². The Morgan fingerprint density at radius 2 is 2.00 bits per heavy atom. The molecular weight excluding hydrogens is 289 g/mol. The lowest BCUT2D eigenvalue weighted by Crippen LogP contribution is -2.37. The van der Waals surface area contributed by atoms with Crippen LogP contribution in [0.5, 0.6) is 0 Å². The maximum Gasteiger partial charge on any atom is 0.253 e. The van der Waals surface area contributed by atoms with Gasteiger partial charge in [0.25, 0.3) is 5.91 Å². The molecule has 1 saturated carbocycles. The Labute approximate surface area is 120 Å². The van der Waals surface area contributed by atoms with Crippen LogP contribution in [0.4, 0.5) is 5.69 Å². The Bertz CT molecular complexity index is 530. The van der Waals surface area contributed by atoms with Crippen molar-refractivity contribution < 1.29 is 9.59 Å². The van der Waals surface area contributed by atoms with Crippen LogP contribution in [0.15, 0.2) is 12.1 Å². The fourth-order valence-corrected chi connectivity index (χ4v) is 1.96. The number of carbonyl (C=O) groups is 2. The van der Waals surface area contributed by atoms with Crippen LogP contribution in [0.2, 0.25) is 10.0 Å². The van der Waals surface area contributed by atoms with Crippen LogP contribution in [0, 0.1) is 0 Å². The molecule has 1 aromatic rings. The van der Waals surface area contributed by atoms with E-state index in [9.17, 15) is 9.59 Å². The molecule has 1 aromatic carbocycles. The molecule has 0 unspecified atom stereocenters. The van der Waals surface area contributed by atoms with E-state index < -0.39 is 5.91 Å². The maximum atomic E-state index is 11.9. The summed E-state index contributed by atoms with van der Waals surface area (Å²) < 4.78 is 0. The van der Waals surface area contributed by atoms with E-state index in [0.29, 0.717) is 5.69 Å². The van der Waals surface area contributed by atoms with Crippen LogP contribution >= 0.6 is 23.2 Å². The van der Waals surface area contributed by atoms with Gasteiger partial charge in [-0.25, -0.2) is 0 Å². The number of nitrogens with two attached hydrogens (primary N) is 1. The third-order valence-corrected chi connectivity index (χ3v) is 3.45. The first-order chi connectivity index (χ1) is 8.97. The number of nitrogen functional groups attached to an aromatic ring is 1. The summed E-state index contributed by atoms with van der Waals surface area (Å²) in [7, 11) is 0. The zero-order valence-electron chi connectivity index (χ0n) is 10.0. The molecule has 2 rings (SSSR count). The molecule has 19 heavy (non-hydrogen) atoms. The number of amides is 2. The molecule has 1 aliphatic rings. The van der Waals surface area contributed by atoms with Crippen molar-refractivity contribution in [2.24, 2.45) is 0 Å². The Balaban J connectivity index is 1.97. The Morgan fingerprint density at radius 1 is 1.32 bits per heavy atom. The van der Waals surface area contributed by atoms with E-state index in [0.717, 1.165) is 12.8 Å². The highest BCUT2D eigenvalue weighted by Crippen LogP contribution is 2.28. The molecular formula is C12H13Cl2N3O2. The largest absolute Gasteiger partial charge is 0.399 e. The number of hydrogen-bond acceptors (Lipinski definition) is 3. The molecule has 0 saturated heterocycles. The molecule has 1 fully saturated rings. The molecule has 0 aliphatic heterocycles. The fraction of sp³-hybridized carbons (Fsp3) is 0.333. The third kappa shape index (κ3) is 3.75. The van der Waals surface area contributed by atoms with E-state index in [1.807, 2.05) is 0 Å². The third-order valence-electron chi connectivity index (χ3n) is 2.65. The molecule has 0 radical (unpaired) electrons.